The molecule has 0 fully saturated rings. The van der Waals surface area contributed by atoms with Gasteiger partial charge in [-0.1, -0.05) is 58.2 Å². The zero-order valence-electron chi connectivity index (χ0n) is 18.8. The van der Waals surface area contributed by atoms with E-state index in [1.165, 1.54) is 12.8 Å². The summed E-state index contributed by atoms with van der Waals surface area (Å²) in [6.07, 6.45) is 5.56. The number of hydrazine groups is 1. The number of benzene rings is 2. The van der Waals surface area contributed by atoms with E-state index in [0.29, 0.717) is 23.8 Å². The van der Waals surface area contributed by atoms with E-state index in [2.05, 4.69) is 31.6 Å². The third kappa shape index (κ3) is 8.32. The Morgan fingerprint density at radius 3 is 2.35 bits per heavy atom. The second-order valence-electron chi connectivity index (χ2n) is 7.57. The van der Waals surface area contributed by atoms with Crippen LogP contribution in [-0.4, -0.2) is 25.0 Å². The van der Waals surface area contributed by atoms with Gasteiger partial charge in [0.2, 0.25) is 0 Å². The molecule has 2 aromatic carbocycles. The van der Waals surface area contributed by atoms with E-state index in [0.717, 1.165) is 30.6 Å². The number of unbranched alkanes of at least 4 members (excludes halogenated alkanes) is 3. The van der Waals surface area contributed by atoms with Crippen LogP contribution in [0.2, 0.25) is 0 Å². The molecular formula is C25H34N2O4. The number of amides is 2. The zero-order chi connectivity index (χ0) is 22.5. The number of carbonyl (C=O) groups is 2. The summed E-state index contributed by atoms with van der Waals surface area (Å²) in [5, 5.41) is 0. The molecule has 6 nitrogen and oxygen atoms in total. The quantitative estimate of drug-likeness (QED) is 0.370. The van der Waals surface area contributed by atoms with E-state index in [1.54, 1.807) is 24.3 Å². The summed E-state index contributed by atoms with van der Waals surface area (Å²) in [7, 11) is 0. The van der Waals surface area contributed by atoms with Crippen LogP contribution in [0.15, 0.2) is 48.5 Å². The highest BCUT2D eigenvalue weighted by molar-refractivity contribution is 5.95. The molecule has 168 valence electrons. The predicted octanol–water partition coefficient (Wildman–Crippen LogP) is 5.00. The normalized spacial score (nSPS) is 11.5. The fourth-order valence-electron chi connectivity index (χ4n) is 3.04. The molecule has 0 bridgehead atoms. The first-order valence-electron chi connectivity index (χ1n) is 11.1. The molecule has 0 aliphatic rings. The van der Waals surface area contributed by atoms with Crippen LogP contribution in [0.1, 0.15) is 74.7 Å². The van der Waals surface area contributed by atoms with Crippen molar-refractivity contribution in [1.29, 1.82) is 0 Å². The minimum Gasteiger partial charge on any atom is -0.494 e. The van der Waals surface area contributed by atoms with Crippen molar-refractivity contribution in [2.24, 2.45) is 0 Å². The lowest BCUT2D eigenvalue weighted by atomic mass is 9.98. The van der Waals surface area contributed by atoms with Crippen LogP contribution >= 0.6 is 0 Å². The van der Waals surface area contributed by atoms with Crippen LogP contribution in [0, 0.1) is 0 Å². The van der Waals surface area contributed by atoms with Crippen LogP contribution in [0.3, 0.4) is 0 Å². The maximum Gasteiger partial charge on any atom is 0.276 e. The summed E-state index contributed by atoms with van der Waals surface area (Å²) in [5.74, 6) is 0.915. The maximum absolute atomic E-state index is 12.2. The molecule has 2 N–H and O–H groups in total. The van der Waals surface area contributed by atoms with Gasteiger partial charge in [-0.25, -0.2) is 0 Å². The topological polar surface area (TPSA) is 76.7 Å². The van der Waals surface area contributed by atoms with Crippen LogP contribution in [0.5, 0.6) is 11.5 Å². The number of nitrogens with one attached hydrogen (secondary N) is 2. The lowest BCUT2D eigenvalue weighted by Crippen LogP contribution is -2.43. The number of hydrogen-bond acceptors (Lipinski definition) is 4. The molecule has 6 heteroatoms. The van der Waals surface area contributed by atoms with E-state index in [4.69, 9.17) is 9.47 Å². The minimum atomic E-state index is -0.431. The van der Waals surface area contributed by atoms with Crippen molar-refractivity contribution in [3.63, 3.8) is 0 Å². The van der Waals surface area contributed by atoms with Gasteiger partial charge in [-0.05, 0) is 54.7 Å². The molecule has 0 radical (unpaired) electrons. The molecule has 1 atom stereocenters. The van der Waals surface area contributed by atoms with Crippen molar-refractivity contribution in [3.8, 4) is 11.5 Å². The Balaban J connectivity index is 1.75. The number of carbonyl (C=O) groups excluding carboxylic acids is 2. The lowest BCUT2D eigenvalue weighted by molar-refractivity contribution is -0.123. The van der Waals surface area contributed by atoms with Crippen LogP contribution < -0.4 is 20.3 Å². The Hall–Kier alpha value is -3.02. The number of para-hydroxylation sites is 1. The Morgan fingerprint density at radius 2 is 1.65 bits per heavy atom. The smallest absolute Gasteiger partial charge is 0.276 e. The van der Waals surface area contributed by atoms with Gasteiger partial charge in [0.25, 0.3) is 11.8 Å². The second-order valence-corrected chi connectivity index (χ2v) is 7.57. The summed E-state index contributed by atoms with van der Waals surface area (Å²) in [4.78, 5) is 24.3. The molecule has 0 heterocycles. The first kappa shape index (κ1) is 24.3. The molecule has 0 aliphatic carbocycles. The molecule has 1 unspecified atom stereocenters. The Labute approximate surface area is 185 Å². The van der Waals surface area contributed by atoms with Crippen molar-refractivity contribution in [2.45, 2.75) is 58.8 Å². The van der Waals surface area contributed by atoms with Crippen LogP contribution in [0.25, 0.3) is 0 Å². The fourth-order valence-corrected chi connectivity index (χ4v) is 3.04. The first-order valence-corrected chi connectivity index (χ1v) is 11.1. The number of rotatable bonds is 12. The molecular weight excluding hydrogens is 392 g/mol. The predicted molar refractivity (Wildman–Crippen MR) is 122 cm³/mol. The third-order valence-corrected chi connectivity index (χ3v) is 5.12. The highest BCUT2D eigenvalue weighted by Crippen LogP contribution is 2.28. The average molecular weight is 427 g/mol. The lowest BCUT2D eigenvalue weighted by Gasteiger charge is -2.15. The molecule has 0 aromatic heterocycles. The van der Waals surface area contributed by atoms with Gasteiger partial charge >= 0.3 is 0 Å². The summed E-state index contributed by atoms with van der Waals surface area (Å²) < 4.78 is 11.3. The molecule has 0 saturated heterocycles. The van der Waals surface area contributed by atoms with Gasteiger partial charge in [0, 0.05) is 5.56 Å². The Bertz CT molecular complexity index is 821. The monoisotopic (exact) mass is 426 g/mol. The van der Waals surface area contributed by atoms with Gasteiger partial charge in [-0.15, -0.1) is 0 Å². The van der Waals surface area contributed by atoms with Gasteiger partial charge in [0.05, 0.1) is 6.61 Å². The van der Waals surface area contributed by atoms with E-state index >= 15 is 0 Å². The van der Waals surface area contributed by atoms with Crippen LogP contribution in [-0.2, 0) is 4.79 Å². The van der Waals surface area contributed by atoms with Gasteiger partial charge in [-0.2, -0.15) is 0 Å². The number of hydrogen-bond donors (Lipinski definition) is 2. The van der Waals surface area contributed by atoms with Gasteiger partial charge in [0.15, 0.2) is 6.61 Å². The van der Waals surface area contributed by atoms with E-state index in [9.17, 15) is 9.59 Å². The van der Waals surface area contributed by atoms with E-state index < -0.39 is 11.8 Å². The van der Waals surface area contributed by atoms with Crippen molar-refractivity contribution in [3.05, 3.63) is 59.7 Å². The first-order chi connectivity index (χ1) is 15.0. The fraction of sp³-hybridized carbons (Fsp3) is 0.440. The average Bonchev–Trinajstić information content (AvgIpc) is 2.81. The molecule has 0 spiro atoms. The number of ether oxygens (including phenoxy) is 2. The van der Waals surface area contributed by atoms with Crippen molar-refractivity contribution in [2.75, 3.05) is 13.2 Å². The minimum absolute atomic E-state index is 0.182. The maximum atomic E-state index is 12.2. The Kier molecular flexibility index (Phi) is 10.4. The summed E-state index contributed by atoms with van der Waals surface area (Å²) in [6, 6.07) is 14.5. The van der Waals surface area contributed by atoms with Gasteiger partial charge in [0.1, 0.15) is 11.5 Å². The summed E-state index contributed by atoms with van der Waals surface area (Å²) >= 11 is 0. The van der Waals surface area contributed by atoms with Crippen molar-refractivity contribution in [1.82, 2.24) is 10.9 Å². The highest BCUT2D eigenvalue weighted by atomic mass is 16.5. The zero-order valence-corrected chi connectivity index (χ0v) is 18.8. The summed E-state index contributed by atoms with van der Waals surface area (Å²) in [6.45, 7) is 6.88. The van der Waals surface area contributed by atoms with Crippen molar-refractivity contribution < 1.29 is 19.1 Å². The molecule has 2 amide bonds. The molecule has 2 rings (SSSR count). The molecule has 0 aliphatic heterocycles. The third-order valence-electron chi connectivity index (χ3n) is 5.12. The molecule has 2 aromatic rings. The van der Waals surface area contributed by atoms with Crippen molar-refractivity contribution >= 4 is 11.8 Å². The summed E-state index contributed by atoms with van der Waals surface area (Å²) in [5.41, 5.74) is 6.29. The van der Waals surface area contributed by atoms with E-state index in [-0.39, 0.29) is 6.61 Å². The second kappa shape index (κ2) is 13.3. The van der Waals surface area contributed by atoms with E-state index in [1.807, 2.05) is 24.3 Å². The standard InChI is InChI=1S/C25H34N2O4/c1-4-6-7-10-17-30-21-15-13-20(14-16-21)25(29)27-26-24(28)18-31-23-12-9-8-11-22(23)19(3)5-2/h8-9,11-16,19H,4-7,10,17-18H2,1-3H3,(H,26,28)(H,27,29). The highest BCUT2D eigenvalue weighted by Gasteiger charge is 2.12. The van der Waals surface area contributed by atoms with Gasteiger partial charge < -0.3 is 9.47 Å². The van der Waals surface area contributed by atoms with Crippen LogP contribution in [0.4, 0.5) is 0 Å². The molecule has 31 heavy (non-hydrogen) atoms. The largest absolute Gasteiger partial charge is 0.494 e. The Morgan fingerprint density at radius 1 is 0.903 bits per heavy atom. The SMILES string of the molecule is CCCCCCOc1ccc(C(=O)NNC(=O)COc2ccccc2C(C)CC)cc1. The molecule has 0 saturated carbocycles. The van der Waals surface area contributed by atoms with Gasteiger partial charge in [-0.3, -0.25) is 20.4 Å².